The third-order valence-electron chi connectivity index (χ3n) is 2.21. The molecule has 1 N–H and O–H groups in total. The van der Waals surface area contributed by atoms with Crippen molar-refractivity contribution in [1.29, 1.82) is 0 Å². The zero-order chi connectivity index (χ0) is 11.4. The molecule has 0 bridgehead atoms. The molecule has 0 radical (unpaired) electrons. The molecular weight excluding hydrogens is 208 g/mol. The molecule has 1 aromatic rings. The van der Waals surface area contributed by atoms with Crippen LogP contribution in [-0.4, -0.2) is 15.4 Å². The Labute approximate surface area is 93.1 Å². The summed E-state index contributed by atoms with van der Waals surface area (Å²) < 4.78 is 11.8. The molecular formula is C12H16O2S. The summed E-state index contributed by atoms with van der Waals surface area (Å²) in [5.74, 6) is 0. The van der Waals surface area contributed by atoms with Gasteiger partial charge in [0.1, 0.15) is 0 Å². The van der Waals surface area contributed by atoms with Crippen molar-refractivity contribution in [3.63, 3.8) is 0 Å². The topological polar surface area (TPSA) is 37.3 Å². The number of hydrogen-bond donors (Lipinski definition) is 1. The van der Waals surface area contributed by atoms with Crippen LogP contribution in [0.15, 0.2) is 40.1 Å². The van der Waals surface area contributed by atoms with Crippen molar-refractivity contribution < 1.29 is 9.32 Å². The average molecular weight is 224 g/mol. The minimum Gasteiger partial charge on any atom is -0.389 e. The van der Waals surface area contributed by atoms with E-state index in [1.807, 2.05) is 31.2 Å². The minimum atomic E-state index is -1.16. The number of hydrogen-bond acceptors (Lipinski definition) is 2. The third kappa shape index (κ3) is 3.61. The number of benzene rings is 1. The maximum absolute atomic E-state index is 11.8. The molecule has 0 saturated carbocycles. The first kappa shape index (κ1) is 12.1. The van der Waals surface area contributed by atoms with Gasteiger partial charge in [0.25, 0.3) is 0 Å². The van der Waals surface area contributed by atoms with Crippen LogP contribution in [0, 0.1) is 6.92 Å². The summed E-state index contributed by atoms with van der Waals surface area (Å²) in [6.07, 6.45) is -0.542. The van der Waals surface area contributed by atoms with E-state index in [9.17, 15) is 9.32 Å². The van der Waals surface area contributed by atoms with Gasteiger partial charge in [-0.2, -0.15) is 0 Å². The van der Waals surface area contributed by atoms with Crippen LogP contribution in [0.4, 0.5) is 0 Å². The van der Waals surface area contributed by atoms with Gasteiger partial charge in [-0.25, -0.2) is 4.21 Å². The lowest BCUT2D eigenvalue weighted by molar-refractivity contribution is 0.232. The summed E-state index contributed by atoms with van der Waals surface area (Å²) in [6, 6.07) is 7.55. The molecule has 2 atom stereocenters. The van der Waals surface area contributed by atoms with Crippen LogP contribution in [0.1, 0.15) is 19.4 Å². The summed E-state index contributed by atoms with van der Waals surface area (Å²) in [5.41, 5.74) is 1.88. The molecule has 3 heteroatoms. The molecule has 1 rings (SSSR count). The lowest BCUT2D eigenvalue weighted by Gasteiger charge is -2.04. The van der Waals surface area contributed by atoms with E-state index in [4.69, 9.17) is 0 Å². The predicted molar refractivity (Wildman–Crippen MR) is 63.0 cm³/mol. The van der Waals surface area contributed by atoms with Crippen molar-refractivity contribution in [2.45, 2.75) is 31.8 Å². The predicted octanol–water partition coefficient (Wildman–Crippen LogP) is 2.39. The fourth-order valence-corrected chi connectivity index (χ4v) is 2.08. The van der Waals surface area contributed by atoms with E-state index < -0.39 is 16.9 Å². The number of aliphatic hydroxyl groups is 1. The molecule has 2 nitrogen and oxygen atoms in total. The molecule has 0 fully saturated rings. The minimum absolute atomic E-state index is 0.542. The Morgan fingerprint density at radius 1 is 1.40 bits per heavy atom. The second-order valence-corrected chi connectivity index (χ2v) is 4.95. The summed E-state index contributed by atoms with van der Waals surface area (Å²) in [4.78, 5) is 0.764. The quantitative estimate of drug-likeness (QED) is 0.856. The van der Waals surface area contributed by atoms with Gasteiger partial charge in [0.15, 0.2) is 0 Å². The summed E-state index contributed by atoms with van der Waals surface area (Å²) >= 11 is 0. The zero-order valence-electron chi connectivity index (χ0n) is 9.23. The van der Waals surface area contributed by atoms with Crippen molar-refractivity contribution in [1.82, 2.24) is 0 Å². The highest BCUT2D eigenvalue weighted by Crippen LogP contribution is 2.12. The highest BCUT2D eigenvalue weighted by Gasteiger charge is 2.03. The van der Waals surface area contributed by atoms with Crippen LogP contribution in [0.2, 0.25) is 0 Å². The number of rotatable bonds is 3. The Hall–Kier alpha value is -0.930. The van der Waals surface area contributed by atoms with Gasteiger partial charge >= 0.3 is 0 Å². The van der Waals surface area contributed by atoms with E-state index in [0.29, 0.717) is 0 Å². The molecule has 82 valence electrons. The fourth-order valence-electron chi connectivity index (χ4n) is 1.01. The third-order valence-corrected chi connectivity index (χ3v) is 3.53. The highest BCUT2D eigenvalue weighted by atomic mass is 32.2. The van der Waals surface area contributed by atoms with Crippen LogP contribution < -0.4 is 0 Å². The zero-order valence-corrected chi connectivity index (χ0v) is 10.0. The SMILES string of the molecule is C/C(=C/[S@@](=O)c1ccc(C)cc1)[C@H](C)O. The molecule has 0 amide bonds. The standard InChI is InChI=1S/C12H16O2S/c1-9-4-6-12(7-5-9)15(14)8-10(2)11(3)13/h4-8,11,13H,1-3H3/b10-8-/t11-,15+/m0/s1. The normalized spacial score (nSPS) is 16.1. The number of aryl methyl sites for hydroxylation is 1. The molecule has 0 aliphatic rings. The molecule has 15 heavy (non-hydrogen) atoms. The van der Waals surface area contributed by atoms with Gasteiger partial charge < -0.3 is 5.11 Å². The van der Waals surface area contributed by atoms with E-state index in [-0.39, 0.29) is 0 Å². The first-order valence-electron chi connectivity index (χ1n) is 4.84. The summed E-state index contributed by atoms with van der Waals surface area (Å²) in [6.45, 7) is 5.43. The van der Waals surface area contributed by atoms with Crippen molar-refractivity contribution in [3.05, 3.63) is 40.8 Å². The fraction of sp³-hybridized carbons (Fsp3) is 0.333. The lowest BCUT2D eigenvalue weighted by Crippen LogP contribution is -2.02. The van der Waals surface area contributed by atoms with Crippen LogP contribution in [0.25, 0.3) is 0 Å². The smallest absolute Gasteiger partial charge is 0.0776 e. The van der Waals surface area contributed by atoms with Gasteiger partial charge in [0.2, 0.25) is 0 Å². The van der Waals surface area contributed by atoms with Gasteiger partial charge in [0, 0.05) is 10.3 Å². The van der Waals surface area contributed by atoms with Crippen molar-refractivity contribution in [2.24, 2.45) is 0 Å². The molecule has 0 aliphatic heterocycles. The largest absolute Gasteiger partial charge is 0.389 e. The molecule has 0 unspecified atom stereocenters. The van der Waals surface area contributed by atoms with Crippen molar-refractivity contribution in [2.75, 3.05) is 0 Å². The molecule has 0 aliphatic carbocycles. The molecule has 1 aromatic carbocycles. The molecule has 0 aromatic heterocycles. The van der Waals surface area contributed by atoms with E-state index in [2.05, 4.69) is 0 Å². The Morgan fingerprint density at radius 3 is 2.40 bits per heavy atom. The van der Waals surface area contributed by atoms with E-state index in [1.165, 1.54) is 0 Å². The lowest BCUT2D eigenvalue weighted by atomic mass is 10.2. The molecule has 0 saturated heterocycles. The number of aliphatic hydroxyl groups excluding tert-OH is 1. The van der Waals surface area contributed by atoms with Gasteiger partial charge in [-0.1, -0.05) is 17.7 Å². The second kappa shape index (κ2) is 5.24. The van der Waals surface area contributed by atoms with Crippen LogP contribution >= 0.6 is 0 Å². The van der Waals surface area contributed by atoms with Gasteiger partial charge in [0.05, 0.1) is 16.9 Å². The monoisotopic (exact) mass is 224 g/mol. The Balaban J connectivity index is 2.86. The highest BCUT2D eigenvalue weighted by molar-refractivity contribution is 7.88. The van der Waals surface area contributed by atoms with E-state index in [0.717, 1.165) is 16.0 Å². The first-order valence-corrected chi connectivity index (χ1v) is 6.05. The van der Waals surface area contributed by atoms with Crippen LogP contribution in [0.3, 0.4) is 0 Å². The first-order chi connectivity index (χ1) is 7.00. The second-order valence-electron chi connectivity index (χ2n) is 3.65. The van der Waals surface area contributed by atoms with Crippen molar-refractivity contribution >= 4 is 10.8 Å². The van der Waals surface area contributed by atoms with Gasteiger partial charge in [-0.15, -0.1) is 0 Å². The molecule has 0 spiro atoms. The summed E-state index contributed by atoms with van der Waals surface area (Å²) in [7, 11) is -1.16. The Bertz CT molecular complexity index is 377. The van der Waals surface area contributed by atoms with E-state index in [1.54, 1.807) is 19.3 Å². The van der Waals surface area contributed by atoms with Gasteiger partial charge in [-0.3, -0.25) is 0 Å². The Morgan fingerprint density at radius 2 is 1.93 bits per heavy atom. The van der Waals surface area contributed by atoms with Crippen LogP contribution in [-0.2, 0) is 10.8 Å². The van der Waals surface area contributed by atoms with Crippen LogP contribution in [0.5, 0.6) is 0 Å². The maximum atomic E-state index is 11.8. The van der Waals surface area contributed by atoms with Crippen molar-refractivity contribution in [3.8, 4) is 0 Å². The Kier molecular flexibility index (Phi) is 4.24. The molecule has 0 heterocycles. The van der Waals surface area contributed by atoms with Gasteiger partial charge in [-0.05, 0) is 38.5 Å². The van der Waals surface area contributed by atoms with E-state index >= 15 is 0 Å². The maximum Gasteiger partial charge on any atom is 0.0776 e. The summed E-state index contributed by atoms with van der Waals surface area (Å²) in [5, 5.41) is 10.9. The average Bonchev–Trinajstić information content (AvgIpc) is 2.18.